The first-order valence-electron chi connectivity index (χ1n) is 12.3. The summed E-state index contributed by atoms with van der Waals surface area (Å²) < 4.78 is 0. The standard InChI is InChI=1S/C33H28S2/c1-19-14-21(30-9-7-13-35-30)16-28-31(19)24-18-26-23(17-27(24)33(28,4)5)22-11-10-20(29-8-6-12-34-29)15-25(22)32(26,2)3/h6-18H,1-5H3. The lowest BCUT2D eigenvalue weighted by Gasteiger charge is -2.24. The molecule has 0 fully saturated rings. The second-order valence-electron chi connectivity index (χ2n) is 11.1. The van der Waals surface area contributed by atoms with E-state index in [0.29, 0.717) is 0 Å². The molecule has 5 aromatic rings. The van der Waals surface area contributed by atoms with Crippen molar-refractivity contribution in [2.24, 2.45) is 0 Å². The smallest absolute Gasteiger partial charge is 0.0342 e. The summed E-state index contributed by atoms with van der Waals surface area (Å²) >= 11 is 3.64. The molecule has 0 N–H and O–H groups in total. The van der Waals surface area contributed by atoms with Gasteiger partial charge in [-0.05, 0) is 121 Å². The molecule has 2 aliphatic rings. The molecule has 35 heavy (non-hydrogen) atoms. The van der Waals surface area contributed by atoms with Crippen LogP contribution in [0.25, 0.3) is 43.1 Å². The summed E-state index contributed by atoms with van der Waals surface area (Å²) in [5.41, 5.74) is 15.5. The Hall–Kier alpha value is -2.94. The lowest BCUT2D eigenvalue weighted by Crippen LogP contribution is -2.17. The molecule has 2 heteroatoms. The highest BCUT2D eigenvalue weighted by molar-refractivity contribution is 7.13. The topological polar surface area (TPSA) is 0 Å². The third-order valence-corrected chi connectivity index (χ3v) is 10.2. The molecule has 172 valence electrons. The van der Waals surface area contributed by atoms with Crippen LogP contribution in [-0.2, 0) is 10.8 Å². The lowest BCUT2D eigenvalue weighted by atomic mass is 9.79. The first kappa shape index (κ1) is 21.4. The Morgan fingerprint density at radius 2 is 1.11 bits per heavy atom. The minimum Gasteiger partial charge on any atom is -0.144 e. The number of thiophene rings is 2. The molecule has 3 aromatic carbocycles. The van der Waals surface area contributed by atoms with Crippen LogP contribution in [-0.4, -0.2) is 0 Å². The number of hydrogen-bond acceptors (Lipinski definition) is 2. The van der Waals surface area contributed by atoms with E-state index in [1.165, 1.54) is 71.0 Å². The largest absolute Gasteiger partial charge is 0.144 e. The van der Waals surface area contributed by atoms with Gasteiger partial charge in [0.05, 0.1) is 0 Å². The molecule has 0 saturated carbocycles. The van der Waals surface area contributed by atoms with Crippen LogP contribution in [0.15, 0.2) is 77.5 Å². The van der Waals surface area contributed by atoms with Crippen molar-refractivity contribution in [1.82, 2.24) is 0 Å². The maximum Gasteiger partial charge on any atom is 0.0342 e. The molecule has 0 aliphatic heterocycles. The van der Waals surface area contributed by atoms with Gasteiger partial charge in [0.1, 0.15) is 0 Å². The van der Waals surface area contributed by atoms with E-state index in [0.717, 1.165) is 0 Å². The first-order valence-corrected chi connectivity index (χ1v) is 14.1. The van der Waals surface area contributed by atoms with E-state index in [4.69, 9.17) is 0 Å². The molecular formula is C33H28S2. The summed E-state index contributed by atoms with van der Waals surface area (Å²) in [4.78, 5) is 2.69. The van der Waals surface area contributed by atoms with Gasteiger partial charge in [-0.2, -0.15) is 0 Å². The van der Waals surface area contributed by atoms with Crippen LogP contribution in [0, 0.1) is 6.92 Å². The van der Waals surface area contributed by atoms with Crippen molar-refractivity contribution in [3.63, 3.8) is 0 Å². The monoisotopic (exact) mass is 488 g/mol. The molecule has 0 bridgehead atoms. The number of fused-ring (bicyclic) bond motifs is 6. The Labute approximate surface area is 215 Å². The average molecular weight is 489 g/mol. The van der Waals surface area contributed by atoms with Gasteiger partial charge < -0.3 is 0 Å². The molecule has 0 unspecified atom stereocenters. The molecule has 0 saturated heterocycles. The van der Waals surface area contributed by atoms with Crippen molar-refractivity contribution < 1.29 is 0 Å². The molecule has 0 atom stereocenters. The van der Waals surface area contributed by atoms with Gasteiger partial charge in [-0.1, -0.05) is 52.0 Å². The highest BCUT2D eigenvalue weighted by Crippen LogP contribution is 2.57. The van der Waals surface area contributed by atoms with Crippen LogP contribution >= 0.6 is 22.7 Å². The predicted molar refractivity (Wildman–Crippen MR) is 153 cm³/mol. The molecule has 2 aliphatic carbocycles. The highest BCUT2D eigenvalue weighted by Gasteiger charge is 2.42. The molecule has 7 rings (SSSR count). The zero-order valence-corrected chi connectivity index (χ0v) is 22.5. The van der Waals surface area contributed by atoms with Crippen molar-refractivity contribution in [3.8, 4) is 43.1 Å². The second-order valence-corrected chi connectivity index (χ2v) is 13.0. The van der Waals surface area contributed by atoms with Crippen molar-refractivity contribution >= 4 is 22.7 Å². The maximum atomic E-state index is 2.53. The fourth-order valence-electron chi connectivity index (χ4n) is 6.47. The van der Waals surface area contributed by atoms with Crippen LogP contribution < -0.4 is 0 Å². The lowest BCUT2D eigenvalue weighted by molar-refractivity contribution is 0.652. The summed E-state index contributed by atoms with van der Waals surface area (Å²) in [6, 6.07) is 25.7. The van der Waals surface area contributed by atoms with Crippen LogP contribution in [0.1, 0.15) is 55.5 Å². The van der Waals surface area contributed by atoms with E-state index in [1.807, 2.05) is 22.7 Å². The SMILES string of the molecule is Cc1cc(-c2cccs2)cc2c1-c1cc3c(cc1C2(C)C)-c1ccc(-c2cccs2)cc1C3(C)C. The van der Waals surface area contributed by atoms with E-state index in [2.05, 4.69) is 112 Å². The quantitative estimate of drug-likeness (QED) is 0.232. The molecule has 2 heterocycles. The van der Waals surface area contributed by atoms with Crippen molar-refractivity contribution in [1.29, 1.82) is 0 Å². The van der Waals surface area contributed by atoms with Crippen LogP contribution in [0.2, 0.25) is 0 Å². The highest BCUT2D eigenvalue weighted by atomic mass is 32.1. The molecule has 0 amide bonds. The summed E-state index contributed by atoms with van der Waals surface area (Å²) in [7, 11) is 0. The predicted octanol–water partition coefficient (Wildman–Crippen LogP) is 10.1. The van der Waals surface area contributed by atoms with E-state index in [1.54, 1.807) is 0 Å². The number of aryl methyl sites for hydroxylation is 1. The van der Waals surface area contributed by atoms with Crippen LogP contribution in [0.4, 0.5) is 0 Å². The fraction of sp³-hybridized carbons (Fsp3) is 0.212. The van der Waals surface area contributed by atoms with E-state index >= 15 is 0 Å². The Morgan fingerprint density at radius 1 is 0.543 bits per heavy atom. The van der Waals surface area contributed by atoms with E-state index in [-0.39, 0.29) is 10.8 Å². The van der Waals surface area contributed by atoms with Crippen molar-refractivity contribution in [3.05, 3.63) is 105 Å². The van der Waals surface area contributed by atoms with Gasteiger partial charge in [-0.25, -0.2) is 0 Å². The van der Waals surface area contributed by atoms with Gasteiger partial charge in [0.25, 0.3) is 0 Å². The minimum absolute atomic E-state index is 0.0231. The Morgan fingerprint density at radius 3 is 1.80 bits per heavy atom. The van der Waals surface area contributed by atoms with Gasteiger partial charge in [0.15, 0.2) is 0 Å². The molecular weight excluding hydrogens is 460 g/mol. The average Bonchev–Trinajstić information content (AvgIpc) is 3.62. The molecule has 0 nitrogen and oxygen atoms in total. The Kier molecular flexibility index (Phi) is 4.31. The number of benzene rings is 3. The van der Waals surface area contributed by atoms with Gasteiger partial charge in [-0.15, -0.1) is 22.7 Å². The zero-order chi connectivity index (χ0) is 24.1. The first-order chi connectivity index (χ1) is 16.8. The third kappa shape index (κ3) is 2.84. The maximum absolute atomic E-state index is 2.53. The Bertz CT molecular complexity index is 1630. The summed E-state index contributed by atoms with van der Waals surface area (Å²) in [6.45, 7) is 11.9. The second kappa shape index (κ2) is 7.06. The van der Waals surface area contributed by atoms with Gasteiger partial charge in [0.2, 0.25) is 0 Å². The summed E-state index contributed by atoms with van der Waals surface area (Å²) in [5.74, 6) is 0. The number of hydrogen-bond donors (Lipinski definition) is 0. The molecule has 0 radical (unpaired) electrons. The third-order valence-electron chi connectivity index (χ3n) is 8.38. The van der Waals surface area contributed by atoms with Crippen LogP contribution in [0.3, 0.4) is 0 Å². The molecule has 2 aromatic heterocycles. The zero-order valence-electron chi connectivity index (χ0n) is 20.8. The van der Waals surface area contributed by atoms with Gasteiger partial charge >= 0.3 is 0 Å². The van der Waals surface area contributed by atoms with E-state index in [9.17, 15) is 0 Å². The Balaban J connectivity index is 1.44. The van der Waals surface area contributed by atoms with Crippen LogP contribution in [0.5, 0.6) is 0 Å². The summed E-state index contributed by atoms with van der Waals surface area (Å²) in [5, 5.41) is 4.34. The molecule has 0 spiro atoms. The summed E-state index contributed by atoms with van der Waals surface area (Å²) in [6.07, 6.45) is 0. The van der Waals surface area contributed by atoms with Gasteiger partial charge in [-0.3, -0.25) is 0 Å². The van der Waals surface area contributed by atoms with Crippen molar-refractivity contribution in [2.75, 3.05) is 0 Å². The normalized spacial score (nSPS) is 16.0. The van der Waals surface area contributed by atoms with Crippen molar-refractivity contribution in [2.45, 2.75) is 45.4 Å². The van der Waals surface area contributed by atoms with E-state index < -0.39 is 0 Å². The van der Waals surface area contributed by atoms with Gasteiger partial charge in [0, 0.05) is 20.6 Å². The number of rotatable bonds is 2. The fourth-order valence-corrected chi connectivity index (χ4v) is 7.91. The minimum atomic E-state index is -0.0263.